The molecule has 0 spiro atoms. The predicted molar refractivity (Wildman–Crippen MR) is 106 cm³/mol. The lowest BCUT2D eigenvalue weighted by Crippen LogP contribution is -2.49. The number of carbonyl (C=O) groups is 1. The van der Waals surface area contributed by atoms with Crippen LogP contribution in [0, 0.1) is 0 Å². The van der Waals surface area contributed by atoms with Gasteiger partial charge in [0.05, 0.1) is 14.2 Å². The summed E-state index contributed by atoms with van der Waals surface area (Å²) in [5.41, 5.74) is 0.900. The highest BCUT2D eigenvalue weighted by Crippen LogP contribution is 2.28. The smallest absolute Gasteiger partial charge is 0.271 e. The minimum Gasteiger partial charge on any atom is -0.497 e. The van der Waals surface area contributed by atoms with Crippen molar-refractivity contribution in [3.63, 3.8) is 0 Å². The Morgan fingerprint density at radius 3 is 2.29 bits per heavy atom. The Morgan fingerprint density at radius 2 is 1.71 bits per heavy atom. The SMILES string of the molecule is COc1ccc(-c2nn([C@H](C)C(=O)N3CCN(C)CC3)c(=O)cc2OC)cc1. The van der Waals surface area contributed by atoms with Gasteiger partial charge in [0.2, 0.25) is 5.91 Å². The van der Waals surface area contributed by atoms with Crippen LogP contribution >= 0.6 is 0 Å². The summed E-state index contributed by atoms with van der Waals surface area (Å²) in [7, 11) is 5.12. The summed E-state index contributed by atoms with van der Waals surface area (Å²) in [5, 5.41) is 4.48. The fourth-order valence-electron chi connectivity index (χ4n) is 3.23. The highest BCUT2D eigenvalue weighted by molar-refractivity contribution is 5.80. The van der Waals surface area contributed by atoms with Gasteiger partial charge in [-0.2, -0.15) is 5.10 Å². The largest absolute Gasteiger partial charge is 0.497 e. The Labute approximate surface area is 164 Å². The second kappa shape index (κ2) is 8.43. The van der Waals surface area contributed by atoms with Gasteiger partial charge in [-0.05, 0) is 38.2 Å². The lowest BCUT2D eigenvalue weighted by atomic mass is 10.1. The first kappa shape index (κ1) is 19.9. The number of likely N-dealkylation sites (N-methyl/N-ethyl adjacent to an activating group) is 1. The fourth-order valence-corrected chi connectivity index (χ4v) is 3.23. The molecule has 2 heterocycles. The number of carbonyl (C=O) groups excluding carboxylic acids is 1. The zero-order valence-corrected chi connectivity index (χ0v) is 16.7. The summed E-state index contributed by atoms with van der Waals surface area (Å²) in [6.07, 6.45) is 0. The van der Waals surface area contributed by atoms with Gasteiger partial charge in [0.25, 0.3) is 5.56 Å². The van der Waals surface area contributed by atoms with Gasteiger partial charge < -0.3 is 19.3 Å². The molecular formula is C20H26N4O4. The molecule has 1 atom stereocenters. The number of amides is 1. The molecule has 1 saturated heterocycles. The molecule has 0 unspecified atom stereocenters. The number of ether oxygens (including phenoxy) is 2. The first-order valence-electron chi connectivity index (χ1n) is 9.24. The Kier molecular flexibility index (Phi) is 5.99. The Bertz CT molecular complexity index is 886. The van der Waals surface area contributed by atoms with E-state index < -0.39 is 6.04 Å². The van der Waals surface area contributed by atoms with Crippen molar-refractivity contribution in [3.05, 3.63) is 40.7 Å². The average molecular weight is 386 g/mol. The zero-order valence-electron chi connectivity index (χ0n) is 16.7. The number of rotatable bonds is 5. The molecule has 1 aromatic carbocycles. The van der Waals surface area contributed by atoms with Gasteiger partial charge in [-0.25, -0.2) is 4.68 Å². The van der Waals surface area contributed by atoms with Crippen molar-refractivity contribution in [3.8, 4) is 22.8 Å². The topological polar surface area (TPSA) is 76.9 Å². The van der Waals surface area contributed by atoms with E-state index in [1.165, 1.54) is 17.9 Å². The van der Waals surface area contributed by atoms with E-state index in [1.807, 2.05) is 31.3 Å². The third kappa shape index (κ3) is 4.01. The third-order valence-corrected chi connectivity index (χ3v) is 5.04. The summed E-state index contributed by atoms with van der Waals surface area (Å²) in [5.74, 6) is 0.980. The lowest BCUT2D eigenvalue weighted by Gasteiger charge is -2.34. The van der Waals surface area contributed by atoms with Crippen LogP contribution in [-0.4, -0.2) is 72.9 Å². The number of benzene rings is 1. The van der Waals surface area contributed by atoms with E-state index in [1.54, 1.807) is 18.9 Å². The van der Waals surface area contributed by atoms with Gasteiger partial charge in [0, 0.05) is 37.8 Å². The highest BCUT2D eigenvalue weighted by Gasteiger charge is 2.27. The minimum atomic E-state index is -0.696. The van der Waals surface area contributed by atoms with E-state index in [-0.39, 0.29) is 11.5 Å². The fraction of sp³-hybridized carbons (Fsp3) is 0.450. The van der Waals surface area contributed by atoms with E-state index >= 15 is 0 Å². The first-order valence-corrected chi connectivity index (χ1v) is 9.24. The molecule has 28 heavy (non-hydrogen) atoms. The minimum absolute atomic E-state index is 0.103. The molecular weight excluding hydrogens is 360 g/mol. The van der Waals surface area contributed by atoms with Crippen molar-refractivity contribution in [1.82, 2.24) is 19.6 Å². The van der Waals surface area contributed by atoms with Crippen molar-refractivity contribution < 1.29 is 14.3 Å². The average Bonchev–Trinajstić information content (AvgIpc) is 2.73. The second-order valence-corrected chi connectivity index (χ2v) is 6.88. The van der Waals surface area contributed by atoms with Gasteiger partial charge in [-0.3, -0.25) is 9.59 Å². The van der Waals surface area contributed by atoms with E-state index in [0.717, 1.165) is 24.4 Å². The molecule has 2 aromatic rings. The molecule has 3 rings (SSSR count). The summed E-state index contributed by atoms with van der Waals surface area (Å²) in [6, 6.07) is 7.98. The number of nitrogens with zero attached hydrogens (tertiary/aromatic N) is 4. The number of hydrogen-bond donors (Lipinski definition) is 0. The molecule has 1 aliphatic rings. The molecule has 1 amide bonds. The Balaban J connectivity index is 1.94. The van der Waals surface area contributed by atoms with E-state index in [2.05, 4.69) is 10.00 Å². The molecule has 0 aliphatic carbocycles. The number of piperazine rings is 1. The molecule has 1 aromatic heterocycles. The highest BCUT2D eigenvalue weighted by atomic mass is 16.5. The molecule has 150 valence electrons. The normalized spacial score (nSPS) is 15.9. The summed E-state index contributed by atoms with van der Waals surface area (Å²) < 4.78 is 11.8. The summed E-state index contributed by atoms with van der Waals surface area (Å²) in [6.45, 7) is 4.64. The van der Waals surface area contributed by atoms with Crippen LogP contribution in [0.1, 0.15) is 13.0 Å². The molecule has 0 N–H and O–H groups in total. The second-order valence-electron chi connectivity index (χ2n) is 6.88. The maximum atomic E-state index is 12.9. The van der Waals surface area contributed by atoms with Crippen LogP contribution in [0.2, 0.25) is 0 Å². The Morgan fingerprint density at radius 1 is 1.07 bits per heavy atom. The molecule has 0 saturated carbocycles. The molecule has 0 radical (unpaired) electrons. The molecule has 1 aliphatic heterocycles. The van der Waals surface area contributed by atoms with Crippen LogP contribution < -0.4 is 15.0 Å². The lowest BCUT2D eigenvalue weighted by molar-refractivity contribution is -0.136. The van der Waals surface area contributed by atoms with Crippen molar-refractivity contribution in [2.75, 3.05) is 47.4 Å². The summed E-state index contributed by atoms with van der Waals surface area (Å²) in [4.78, 5) is 29.5. The van der Waals surface area contributed by atoms with Gasteiger partial charge in [0.15, 0.2) is 5.75 Å². The number of hydrogen-bond acceptors (Lipinski definition) is 6. The summed E-state index contributed by atoms with van der Waals surface area (Å²) >= 11 is 0. The van der Waals surface area contributed by atoms with Gasteiger partial charge in [-0.1, -0.05) is 0 Å². The molecule has 1 fully saturated rings. The van der Waals surface area contributed by atoms with Gasteiger partial charge in [-0.15, -0.1) is 0 Å². The van der Waals surface area contributed by atoms with Crippen LogP contribution in [0.3, 0.4) is 0 Å². The maximum Gasteiger partial charge on any atom is 0.271 e. The monoisotopic (exact) mass is 386 g/mol. The molecule has 0 bridgehead atoms. The van der Waals surface area contributed by atoms with E-state index in [0.29, 0.717) is 24.5 Å². The van der Waals surface area contributed by atoms with Gasteiger partial charge >= 0.3 is 0 Å². The quantitative estimate of drug-likeness (QED) is 0.770. The molecule has 8 heteroatoms. The molecule has 8 nitrogen and oxygen atoms in total. The number of aromatic nitrogens is 2. The number of methoxy groups -OCH3 is 2. The van der Waals surface area contributed by atoms with Gasteiger partial charge in [0.1, 0.15) is 17.5 Å². The van der Waals surface area contributed by atoms with Crippen molar-refractivity contribution in [2.45, 2.75) is 13.0 Å². The van der Waals surface area contributed by atoms with Crippen molar-refractivity contribution >= 4 is 5.91 Å². The standard InChI is InChI=1S/C20H26N4O4/c1-14(20(26)23-11-9-22(2)10-12-23)24-18(25)13-17(28-4)19(21-24)15-5-7-16(27-3)8-6-15/h5-8,13-14H,9-12H2,1-4H3/t14-/m1/s1. The third-order valence-electron chi connectivity index (χ3n) is 5.04. The first-order chi connectivity index (χ1) is 13.4. The van der Waals surface area contributed by atoms with Crippen LogP contribution in [-0.2, 0) is 4.79 Å². The van der Waals surface area contributed by atoms with Crippen LogP contribution in [0.5, 0.6) is 11.5 Å². The van der Waals surface area contributed by atoms with Crippen LogP contribution in [0.4, 0.5) is 0 Å². The van der Waals surface area contributed by atoms with E-state index in [4.69, 9.17) is 9.47 Å². The van der Waals surface area contributed by atoms with Crippen LogP contribution in [0.25, 0.3) is 11.3 Å². The van der Waals surface area contributed by atoms with Crippen molar-refractivity contribution in [1.29, 1.82) is 0 Å². The maximum absolute atomic E-state index is 12.9. The van der Waals surface area contributed by atoms with E-state index in [9.17, 15) is 9.59 Å². The Hall–Kier alpha value is -2.87. The predicted octanol–water partition coefficient (Wildman–Crippen LogP) is 1.26. The van der Waals surface area contributed by atoms with Crippen LogP contribution in [0.15, 0.2) is 35.1 Å². The van der Waals surface area contributed by atoms with Crippen molar-refractivity contribution in [2.24, 2.45) is 0 Å². The zero-order chi connectivity index (χ0) is 20.3.